The van der Waals surface area contributed by atoms with E-state index in [1.165, 1.54) is 0 Å². The van der Waals surface area contributed by atoms with Gasteiger partial charge in [0.1, 0.15) is 12.1 Å². The van der Waals surface area contributed by atoms with Gasteiger partial charge >= 0.3 is 12.0 Å². The number of benzene rings is 1. The van der Waals surface area contributed by atoms with Crippen LogP contribution in [0.1, 0.15) is 58.1 Å². The summed E-state index contributed by atoms with van der Waals surface area (Å²) in [5.74, 6) is -1.69. The van der Waals surface area contributed by atoms with Crippen molar-refractivity contribution >= 4 is 23.8 Å². The van der Waals surface area contributed by atoms with Crippen LogP contribution in [0.5, 0.6) is 0 Å². The smallest absolute Gasteiger partial charge is 0.326 e. The van der Waals surface area contributed by atoms with E-state index in [1.807, 2.05) is 37.3 Å². The third-order valence-electron chi connectivity index (χ3n) is 5.22. The molecule has 4 amide bonds. The molecule has 1 fully saturated rings. The first-order chi connectivity index (χ1) is 13.9. The highest BCUT2D eigenvalue weighted by molar-refractivity contribution is 6.08. The molecule has 1 aromatic carbocycles. The third kappa shape index (κ3) is 5.34. The predicted molar refractivity (Wildman–Crippen MR) is 107 cm³/mol. The standard InChI is InChI=1S/C21H29N3O5/c1-4-10-16(15-11-8-7-9-12-15)22-17(25)14-29-18(26)13-24-19(27)21(5-2,6-3)23-20(24)28/h7-9,11-12,16H,4-6,10,13-14H2,1-3H3,(H,22,25)(H,23,28)/t16-/m1/s1. The van der Waals surface area contributed by atoms with E-state index in [2.05, 4.69) is 10.6 Å². The summed E-state index contributed by atoms with van der Waals surface area (Å²) in [5, 5.41) is 5.50. The van der Waals surface area contributed by atoms with Crippen molar-refractivity contribution in [3.8, 4) is 0 Å². The second kappa shape index (κ2) is 10.0. The van der Waals surface area contributed by atoms with Crippen LogP contribution in [0.25, 0.3) is 0 Å². The molecule has 1 aromatic rings. The Labute approximate surface area is 171 Å². The first kappa shape index (κ1) is 22.4. The van der Waals surface area contributed by atoms with Crippen LogP contribution in [-0.4, -0.2) is 47.4 Å². The predicted octanol–water partition coefficient (Wildman–Crippen LogP) is 2.30. The molecule has 29 heavy (non-hydrogen) atoms. The molecule has 0 radical (unpaired) electrons. The van der Waals surface area contributed by atoms with Crippen molar-refractivity contribution in [2.75, 3.05) is 13.2 Å². The molecule has 2 N–H and O–H groups in total. The SMILES string of the molecule is CCC[C@@H](NC(=O)COC(=O)CN1C(=O)NC(CC)(CC)C1=O)c1ccccc1. The monoisotopic (exact) mass is 403 g/mol. The van der Waals surface area contributed by atoms with Gasteiger partial charge in [-0.25, -0.2) is 4.79 Å². The van der Waals surface area contributed by atoms with E-state index in [0.29, 0.717) is 12.8 Å². The van der Waals surface area contributed by atoms with Crippen LogP contribution >= 0.6 is 0 Å². The van der Waals surface area contributed by atoms with Gasteiger partial charge in [-0.1, -0.05) is 57.5 Å². The van der Waals surface area contributed by atoms with Crippen LogP contribution in [0.15, 0.2) is 30.3 Å². The molecule has 2 rings (SSSR count). The van der Waals surface area contributed by atoms with Crippen molar-refractivity contribution in [3.05, 3.63) is 35.9 Å². The molecule has 0 saturated carbocycles. The highest BCUT2D eigenvalue weighted by Crippen LogP contribution is 2.24. The lowest BCUT2D eigenvalue weighted by atomic mass is 9.93. The van der Waals surface area contributed by atoms with Gasteiger partial charge in [-0.2, -0.15) is 0 Å². The van der Waals surface area contributed by atoms with Crippen LogP contribution in [0.2, 0.25) is 0 Å². The van der Waals surface area contributed by atoms with Crippen LogP contribution in [0.4, 0.5) is 4.79 Å². The van der Waals surface area contributed by atoms with Crippen molar-refractivity contribution < 1.29 is 23.9 Å². The second-order valence-electron chi connectivity index (χ2n) is 7.09. The summed E-state index contributed by atoms with van der Waals surface area (Å²) in [5.41, 5.74) is 0.00136. The molecule has 1 atom stereocenters. The van der Waals surface area contributed by atoms with E-state index in [0.717, 1.165) is 23.3 Å². The molecule has 0 aromatic heterocycles. The summed E-state index contributed by atoms with van der Waals surface area (Å²) in [6.45, 7) is 4.63. The molecule has 1 aliphatic rings. The topological polar surface area (TPSA) is 105 Å². The molecule has 1 saturated heterocycles. The van der Waals surface area contributed by atoms with Gasteiger partial charge in [-0.3, -0.25) is 19.3 Å². The zero-order chi connectivity index (χ0) is 21.4. The molecule has 8 heteroatoms. The molecular weight excluding hydrogens is 374 g/mol. The Morgan fingerprint density at radius 2 is 1.79 bits per heavy atom. The van der Waals surface area contributed by atoms with Crippen molar-refractivity contribution in [1.82, 2.24) is 15.5 Å². The highest BCUT2D eigenvalue weighted by Gasteiger charge is 2.49. The minimum Gasteiger partial charge on any atom is -0.454 e. The van der Waals surface area contributed by atoms with Gasteiger partial charge in [0.05, 0.1) is 6.04 Å². The van der Waals surface area contributed by atoms with Crippen molar-refractivity contribution in [2.45, 2.75) is 58.0 Å². The molecule has 0 bridgehead atoms. The molecule has 158 valence electrons. The maximum Gasteiger partial charge on any atom is 0.326 e. The average molecular weight is 403 g/mol. The van der Waals surface area contributed by atoms with Gasteiger partial charge in [0.2, 0.25) is 0 Å². The summed E-state index contributed by atoms with van der Waals surface area (Å²) in [7, 11) is 0. The minimum absolute atomic E-state index is 0.173. The lowest BCUT2D eigenvalue weighted by Gasteiger charge is -2.22. The molecule has 1 aliphatic heterocycles. The quantitative estimate of drug-likeness (QED) is 0.461. The Bertz CT molecular complexity index is 746. The average Bonchev–Trinajstić information content (AvgIpc) is 2.97. The van der Waals surface area contributed by atoms with Gasteiger partial charge in [-0.15, -0.1) is 0 Å². The number of esters is 1. The Kier molecular flexibility index (Phi) is 7.75. The summed E-state index contributed by atoms with van der Waals surface area (Å²) < 4.78 is 4.99. The number of ether oxygens (including phenoxy) is 1. The summed E-state index contributed by atoms with van der Waals surface area (Å²) in [4.78, 5) is 49.7. The fraction of sp³-hybridized carbons (Fsp3) is 0.524. The summed E-state index contributed by atoms with van der Waals surface area (Å²) in [6, 6.07) is 8.76. The molecule has 0 aliphatic carbocycles. The maximum atomic E-state index is 12.5. The van der Waals surface area contributed by atoms with Crippen molar-refractivity contribution in [1.29, 1.82) is 0 Å². The van der Waals surface area contributed by atoms with Crippen molar-refractivity contribution in [3.63, 3.8) is 0 Å². The van der Waals surface area contributed by atoms with E-state index in [-0.39, 0.29) is 6.04 Å². The highest BCUT2D eigenvalue weighted by atomic mass is 16.5. The van der Waals surface area contributed by atoms with Crippen LogP contribution in [-0.2, 0) is 19.1 Å². The third-order valence-corrected chi connectivity index (χ3v) is 5.22. The maximum absolute atomic E-state index is 12.5. The number of nitrogens with zero attached hydrogens (tertiary/aromatic N) is 1. The fourth-order valence-electron chi connectivity index (χ4n) is 3.40. The minimum atomic E-state index is -0.974. The van der Waals surface area contributed by atoms with E-state index in [9.17, 15) is 19.2 Å². The molecule has 8 nitrogen and oxygen atoms in total. The number of imide groups is 1. The van der Waals surface area contributed by atoms with Crippen LogP contribution < -0.4 is 10.6 Å². The fourth-order valence-corrected chi connectivity index (χ4v) is 3.40. The number of carbonyl (C=O) groups is 4. The number of nitrogens with one attached hydrogen (secondary N) is 2. The van der Waals surface area contributed by atoms with Gasteiger partial charge < -0.3 is 15.4 Å². The number of rotatable bonds is 10. The molecular formula is C21H29N3O5. The Hall–Kier alpha value is -2.90. The van der Waals surface area contributed by atoms with Crippen LogP contribution in [0, 0.1) is 0 Å². The zero-order valence-corrected chi connectivity index (χ0v) is 17.2. The Morgan fingerprint density at radius 1 is 1.14 bits per heavy atom. The first-order valence-electron chi connectivity index (χ1n) is 10.0. The van der Waals surface area contributed by atoms with E-state index in [4.69, 9.17) is 4.74 Å². The normalized spacial score (nSPS) is 16.3. The zero-order valence-electron chi connectivity index (χ0n) is 17.2. The largest absolute Gasteiger partial charge is 0.454 e. The van der Waals surface area contributed by atoms with E-state index >= 15 is 0 Å². The number of hydrogen-bond acceptors (Lipinski definition) is 5. The molecule has 1 heterocycles. The lowest BCUT2D eigenvalue weighted by Crippen LogP contribution is -2.46. The van der Waals surface area contributed by atoms with Crippen molar-refractivity contribution in [2.24, 2.45) is 0 Å². The van der Waals surface area contributed by atoms with Gasteiger partial charge in [0, 0.05) is 0 Å². The summed E-state index contributed by atoms with van der Waals surface area (Å²) >= 11 is 0. The number of amides is 4. The number of urea groups is 1. The Balaban J connectivity index is 1.88. The first-order valence-corrected chi connectivity index (χ1v) is 10.0. The van der Waals surface area contributed by atoms with Gasteiger partial charge in [-0.05, 0) is 24.8 Å². The second-order valence-corrected chi connectivity index (χ2v) is 7.09. The number of carbonyl (C=O) groups excluding carboxylic acids is 4. The van der Waals surface area contributed by atoms with Gasteiger partial charge in [0.25, 0.3) is 11.8 Å². The number of hydrogen-bond donors (Lipinski definition) is 2. The lowest BCUT2D eigenvalue weighted by molar-refractivity contribution is -0.151. The molecule has 0 unspecified atom stereocenters. The Morgan fingerprint density at radius 3 is 2.34 bits per heavy atom. The van der Waals surface area contributed by atoms with E-state index in [1.54, 1.807) is 13.8 Å². The van der Waals surface area contributed by atoms with Gasteiger partial charge in [0.15, 0.2) is 6.61 Å². The molecule has 0 spiro atoms. The summed E-state index contributed by atoms with van der Waals surface area (Å²) in [6.07, 6.45) is 2.49. The van der Waals surface area contributed by atoms with Crippen LogP contribution in [0.3, 0.4) is 0 Å². The van der Waals surface area contributed by atoms with E-state index < -0.39 is 42.5 Å².